The lowest BCUT2D eigenvalue weighted by atomic mass is 9.71. The van der Waals surface area contributed by atoms with Gasteiger partial charge in [-0.2, -0.15) is 0 Å². The van der Waals surface area contributed by atoms with Gasteiger partial charge in [-0.3, -0.25) is 4.79 Å². The number of rotatable bonds is 9. The van der Waals surface area contributed by atoms with Crippen LogP contribution in [0.1, 0.15) is 80.4 Å². The number of esters is 1. The molecular formula is C43H49N3O5. The molecule has 2 aliphatic heterocycles. The molecule has 0 saturated carbocycles. The van der Waals surface area contributed by atoms with Crippen molar-refractivity contribution in [3.63, 3.8) is 0 Å². The van der Waals surface area contributed by atoms with Crippen LogP contribution < -0.4 is 0 Å². The lowest BCUT2D eigenvalue weighted by molar-refractivity contribution is 0.0525. The van der Waals surface area contributed by atoms with Crippen molar-refractivity contribution >= 4 is 17.8 Å². The predicted octanol–water partition coefficient (Wildman–Crippen LogP) is 7.57. The van der Waals surface area contributed by atoms with E-state index in [-0.39, 0.29) is 42.9 Å². The summed E-state index contributed by atoms with van der Waals surface area (Å²) in [5.74, 6) is -0.244. The monoisotopic (exact) mass is 687 g/mol. The molecule has 0 radical (unpaired) electrons. The third-order valence-corrected chi connectivity index (χ3v) is 11.3. The van der Waals surface area contributed by atoms with E-state index in [2.05, 4.69) is 35.2 Å². The SMILES string of the molecule is CCOC(=O)c1cc(-c2cc3c(cc2C(=O)C2Cc4ccccc4C[C@H]2CN2CCCCC2)CN(C(=O)OCc2ccccc2)CC3)n(C)c1C. The van der Waals surface area contributed by atoms with Crippen molar-refractivity contribution in [2.24, 2.45) is 18.9 Å². The molecule has 51 heavy (non-hydrogen) atoms. The van der Waals surface area contributed by atoms with E-state index >= 15 is 4.79 Å². The van der Waals surface area contributed by atoms with Crippen LogP contribution in [0.2, 0.25) is 0 Å². The molecule has 7 rings (SSSR count). The van der Waals surface area contributed by atoms with E-state index in [9.17, 15) is 9.59 Å². The van der Waals surface area contributed by atoms with Crippen LogP contribution in [0, 0.1) is 18.8 Å². The number of amides is 1. The lowest BCUT2D eigenvalue weighted by Crippen LogP contribution is -2.42. The number of nitrogens with zero attached hydrogens (tertiary/aromatic N) is 3. The van der Waals surface area contributed by atoms with Gasteiger partial charge < -0.3 is 23.8 Å². The molecule has 8 nitrogen and oxygen atoms in total. The number of Topliss-reactive ketones (excluding diaryl/α,β-unsaturated/α-hetero) is 1. The molecule has 0 bridgehead atoms. The van der Waals surface area contributed by atoms with Gasteiger partial charge in [-0.15, -0.1) is 0 Å². The van der Waals surface area contributed by atoms with Crippen LogP contribution in [0.25, 0.3) is 11.3 Å². The summed E-state index contributed by atoms with van der Waals surface area (Å²) in [7, 11) is 1.95. The van der Waals surface area contributed by atoms with Gasteiger partial charge in [0.2, 0.25) is 0 Å². The average molecular weight is 688 g/mol. The second-order valence-electron chi connectivity index (χ2n) is 14.5. The Bertz CT molecular complexity index is 1910. The smallest absolute Gasteiger partial charge is 0.410 e. The fraction of sp³-hybridized carbons (Fsp3) is 0.419. The summed E-state index contributed by atoms with van der Waals surface area (Å²) in [6, 6.07) is 24.3. The first-order valence-corrected chi connectivity index (χ1v) is 18.6. The summed E-state index contributed by atoms with van der Waals surface area (Å²) in [6.07, 6.45) is 5.53. The Hall–Kier alpha value is -4.69. The Balaban J connectivity index is 1.26. The molecule has 1 aliphatic carbocycles. The fourth-order valence-corrected chi connectivity index (χ4v) is 8.32. The zero-order valence-electron chi connectivity index (χ0n) is 30.2. The average Bonchev–Trinajstić information content (AvgIpc) is 3.46. The van der Waals surface area contributed by atoms with E-state index in [1.54, 1.807) is 11.8 Å². The van der Waals surface area contributed by atoms with Crippen LogP contribution in [0.3, 0.4) is 0 Å². The molecule has 1 unspecified atom stereocenters. The van der Waals surface area contributed by atoms with E-state index < -0.39 is 0 Å². The van der Waals surface area contributed by atoms with Crippen LogP contribution in [-0.2, 0) is 48.9 Å². The molecule has 3 aromatic carbocycles. The minimum Gasteiger partial charge on any atom is -0.462 e. The zero-order valence-corrected chi connectivity index (χ0v) is 30.2. The fourth-order valence-electron chi connectivity index (χ4n) is 8.32. The highest BCUT2D eigenvalue weighted by Gasteiger charge is 2.37. The third kappa shape index (κ3) is 7.38. The Morgan fingerprint density at radius 3 is 2.25 bits per heavy atom. The van der Waals surface area contributed by atoms with Gasteiger partial charge in [-0.25, -0.2) is 9.59 Å². The largest absolute Gasteiger partial charge is 0.462 e. The quantitative estimate of drug-likeness (QED) is 0.133. The predicted molar refractivity (Wildman–Crippen MR) is 198 cm³/mol. The number of hydrogen-bond acceptors (Lipinski definition) is 6. The van der Waals surface area contributed by atoms with Gasteiger partial charge in [-0.05, 0) is 111 Å². The Morgan fingerprint density at radius 1 is 0.784 bits per heavy atom. The van der Waals surface area contributed by atoms with Gasteiger partial charge in [0.1, 0.15) is 6.61 Å². The van der Waals surface area contributed by atoms with Gasteiger partial charge in [0.15, 0.2) is 5.78 Å². The van der Waals surface area contributed by atoms with Gasteiger partial charge in [-0.1, -0.05) is 61.0 Å². The van der Waals surface area contributed by atoms with E-state index in [1.807, 2.05) is 61.0 Å². The molecule has 8 heteroatoms. The minimum atomic E-state index is -0.363. The Kier molecular flexibility index (Phi) is 10.4. The normalized spacial score (nSPS) is 18.8. The van der Waals surface area contributed by atoms with Crippen molar-refractivity contribution in [1.29, 1.82) is 0 Å². The highest BCUT2D eigenvalue weighted by atomic mass is 16.6. The molecule has 266 valence electrons. The molecular weight excluding hydrogens is 638 g/mol. The number of likely N-dealkylation sites (tertiary alicyclic amines) is 1. The number of benzene rings is 3. The van der Waals surface area contributed by atoms with Gasteiger partial charge in [0, 0.05) is 55.1 Å². The molecule has 1 saturated heterocycles. The van der Waals surface area contributed by atoms with Gasteiger partial charge >= 0.3 is 12.1 Å². The highest BCUT2D eigenvalue weighted by Crippen LogP contribution is 2.39. The molecule has 1 aromatic heterocycles. The molecule has 1 fully saturated rings. The van der Waals surface area contributed by atoms with Gasteiger partial charge in [0.05, 0.1) is 12.2 Å². The maximum absolute atomic E-state index is 15.2. The standard InChI is InChI=1S/C43H49N3O5/c1-4-50-42(48)36-25-40(44(3)29(36)2)38-23-33-17-20-46(43(49)51-28-30-13-7-5-8-14-30)27-34(33)24-39(38)41(47)37-22-32-16-10-9-15-31(32)21-35(37)26-45-18-11-6-12-19-45/h5,7-10,13-16,23-25,35,37H,4,6,11-12,17-22,26-28H2,1-3H3/t35-,37?/m0/s1. The van der Waals surface area contributed by atoms with Crippen molar-refractivity contribution in [1.82, 2.24) is 14.4 Å². The molecule has 0 spiro atoms. The molecule has 4 aromatic rings. The first-order chi connectivity index (χ1) is 24.8. The van der Waals surface area contributed by atoms with Crippen molar-refractivity contribution in [2.75, 3.05) is 32.8 Å². The van der Waals surface area contributed by atoms with Crippen LogP contribution in [-0.4, -0.2) is 65.0 Å². The third-order valence-electron chi connectivity index (χ3n) is 11.3. The maximum atomic E-state index is 15.2. The second kappa shape index (κ2) is 15.3. The summed E-state index contributed by atoms with van der Waals surface area (Å²) in [5, 5.41) is 0. The summed E-state index contributed by atoms with van der Waals surface area (Å²) in [4.78, 5) is 45.8. The van der Waals surface area contributed by atoms with E-state index in [4.69, 9.17) is 9.47 Å². The van der Waals surface area contributed by atoms with Crippen LogP contribution in [0.15, 0.2) is 72.8 Å². The highest BCUT2D eigenvalue weighted by molar-refractivity contribution is 6.05. The number of carbonyl (C=O) groups is 3. The molecule has 3 aliphatic rings. The number of ether oxygens (including phenoxy) is 2. The summed E-state index contributed by atoms with van der Waals surface area (Å²) in [6.45, 7) is 8.18. The van der Waals surface area contributed by atoms with Crippen LogP contribution in [0.5, 0.6) is 0 Å². The first-order valence-electron chi connectivity index (χ1n) is 18.6. The maximum Gasteiger partial charge on any atom is 0.410 e. The zero-order chi connectivity index (χ0) is 35.5. The molecule has 0 N–H and O–H groups in total. The number of fused-ring (bicyclic) bond motifs is 2. The van der Waals surface area contributed by atoms with Crippen molar-refractivity contribution in [2.45, 2.75) is 65.5 Å². The van der Waals surface area contributed by atoms with Crippen molar-refractivity contribution in [3.8, 4) is 11.3 Å². The first kappa shape index (κ1) is 34.7. The Labute approximate surface area is 301 Å². The van der Waals surface area contributed by atoms with Crippen LogP contribution in [0.4, 0.5) is 4.79 Å². The number of hydrogen-bond donors (Lipinski definition) is 0. The molecule has 2 atom stereocenters. The van der Waals surface area contributed by atoms with E-state index in [1.165, 1.54) is 30.4 Å². The summed E-state index contributed by atoms with van der Waals surface area (Å²) < 4.78 is 13.1. The van der Waals surface area contributed by atoms with Crippen LogP contribution >= 0.6 is 0 Å². The van der Waals surface area contributed by atoms with E-state index in [0.717, 1.165) is 59.7 Å². The minimum absolute atomic E-state index is 0.129. The van der Waals surface area contributed by atoms with Crippen molar-refractivity contribution < 1.29 is 23.9 Å². The number of carbonyl (C=O) groups excluding carboxylic acids is 3. The second-order valence-corrected chi connectivity index (χ2v) is 14.5. The molecule has 3 heterocycles. The van der Waals surface area contributed by atoms with Gasteiger partial charge in [0.25, 0.3) is 0 Å². The number of piperidine rings is 1. The lowest BCUT2D eigenvalue weighted by Gasteiger charge is -2.37. The van der Waals surface area contributed by atoms with E-state index in [0.29, 0.717) is 37.1 Å². The summed E-state index contributed by atoms with van der Waals surface area (Å²) in [5.41, 5.74) is 9.19. The summed E-state index contributed by atoms with van der Waals surface area (Å²) >= 11 is 0. The Morgan fingerprint density at radius 2 is 1.51 bits per heavy atom. The number of ketones is 1. The molecule has 1 amide bonds. The topological polar surface area (TPSA) is 81.1 Å². The number of aromatic nitrogens is 1. The van der Waals surface area contributed by atoms with Crippen molar-refractivity contribution in [3.05, 3.63) is 117 Å².